The highest BCUT2D eigenvalue weighted by Gasteiger charge is 2.32. The van der Waals surface area contributed by atoms with Gasteiger partial charge in [-0.25, -0.2) is 8.42 Å². The molecular formula is C11H19N3O3S. The maximum atomic E-state index is 11.4. The van der Waals surface area contributed by atoms with Crippen LogP contribution < -0.4 is 5.32 Å². The number of sulfone groups is 1. The van der Waals surface area contributed by atoms with Gasteiger partial charge in [0, 0.05) is 18.7 Å². The normalized spacial score (nSPS) is 19.7. The Labute approximate surface area is 107 Å². The summed E-state index contributed by atoms with van der Waals surface area (Å²) in [6, 6.07) is 0.340. The van der Waals surface area contributed by atoms with Crippen molar-refractivity contribution in [1.29, 1.82) is 0 Å². The van der Waals surface area contributed by atoms with Crippen LogP contribution in [0, 0.1) is 5.92 Å². The minimum absolute atomic E-state index is 0.248. The quantitative estimate of drug-likeness (QED) is 0.822. The van der Waals surface area contributed by atoms with Crippen LogP contribution in [-0.2, 0) is 16.3 Å². The molecule has 0 amide bonds. The van der Waals surface area contributed by atoms with Crippen molar-refractivity contribution in [3.8, 4) is 0 Å². The third kappa shape index (κ3) is 3.08. The lowest BCUT2D eigenvalue weighted by molar-refractivity contribution is 0.348. The molecule has 0 spiro atoms. The first kappa shape index (κ1) is 13.5. The first-order valence-corrected chi connectivity index (χ1v) is 8.06. The van der Waals surface area contributed by atoms with Crippen molar-refractivity contribution in [2.45, 2.75) is 37.5 Å². The third-order valence-corrected chi connectivity index (χ3v) is 4.94. The average molecular weight is 273 g/mol. The maximum Gasteiger partial charge on any atom is 0.228 e. The van der Waals surface area contributed by atoms with E-state index in [-0.39, 0.29) is 5.82 Å². The second-order valence-electron chi connectivity index (χ2n) is 4.95. The van der Waals surface area contributed by atoms with E-state index in [1.54, 1.807) is 6.92 Å². The van der Waals surface area contributed by atoms with Crippen molar-refractivity contribution in [3.05, 3.63) is 11.7 Å². The van der Waals surface area contributed by atoms with Gasteiger partial charge in [-0.05, 0) is 32.7 Å². The highest BCUT2D eigenvalue weighted by molar-refractivity contribution is 7.90. The molecule has 0 aliphatic heterocycles. The molecule has 1 aromatic rings. The lowest BCUT2D eigenvalue weighted by atomic mass is 10.1. The summed E-state index contributed by atoms with van der Waals surface area (Å²) >= 11 is 0. The van der Waals surface area contributed by atoms with Crippen molar-refractivity contribution >= 4 is 9.84 Å². The summed E-state index contributed by atoms with van der Waals surface area (Å²) in [5.41, 5.74) is 0. The van der Waals surface area contributed by atoms with E-state index in [9.17, 15) is 8.42 Å². The van der Waals surface area contributed by atoms with Crippen LogP contribution in [-0.4, -0.2) is 37.9 Å². The fourth-order valence-corrected chi connectivity index (χ4v) is 2.38. The standard InChI is InChI=1S/C11H19N3O3S/c1-7(18(3,15)16)11-13-10(17-14-11)6-9(12-2)8-4-5-8/h7-9,12H,4-6H2,1-3H3. The zero-order valence-electron chi connectivity index (χ0n) is 10.9. The lowest BCUT2D eigenvalue weighted by Gasteiger charge is -2.11. The van der Waals surface area contributed by atoms with Crippen molar-refractivity contribution < 1.29 is 12.9 Å². The predicted octanol–water partition coefficient (Wildman–Crippen LogP) is 0.716. The molecule has 0 radical (unpaired) electrons. The molecule has 0 aromatic carbocycles. The molecule has 18 heavy (non-hydrogen) atoms. The van der Waals surface area contributed by atoms with Crippen LogP contribution in [0.25, 0.3) is 0 Å². The minimum Gasteiger partial charge on any atom is -0.339 e. The van der Waals surface area contributed by atoms with Crippen LogP contribution in [0.2, 0.25) is 0 Å². The second kappa shape index (κ2) is 4.97. The van der Waals surface area contributed by atoms with Gasteiger partial charge in [0.25, 0.3) is 0 Å². The molecular weight excluding hydrogens is 254 g/mol. The summed E-state index contributed by atoms with van der Waals surface area (Å²) in [6.07, 6.45) is 4.29. The highest BCUT2D eigenvalue weighted by atomic mass is 32.2. The van der Waals surface area contributed by atoms with Crippen LogP contribution >= 0.6 is 0 Å². The molecule has 0 bridgehead atoms. The number of rotatable bonds is 6. The van der Waals surface area contributed by atoms with Crippen molar-refractivity contribution in [3.63, 3.8) is 0 Å². The topological polar surface area (TPSA) is 85.1 Å². The first-order valence-electron chi connectivity index (χ1n) is 6.10. The molecule has 6 nitrogen and oxygen atoms in total. The Morgan fingerprint density at radius 1 is 1.50 bits per heavy atom. The molecule has 7 heteroatoms. The molecule has 1 aromatic heterocycles. The molecule has 0 saturated heterocycles. The van der Waals surface area contributed by atoms with Gasteiger partial charge in [0.1, 0.15) is 5.25 Å². The molecule has 1 aliphatic rings. The SMILES string of the molecule is CNC(Cc1nc(C(C)S(C)(=O)=O)no1)C1CC1. The van der Waals surface area contributed by atoms with Gasteiger partial charge >= 0.3 is 0 Å². The number of aromatic nitrogens is 2. The smallest absolute Gasteiger partial charge is 0.228 e. The van der Waals surface area contributed by atoms with E-state index in [4.69, 9.17) is 4.52 Å². The molecule has 1 heterocycles. The van der Waals surface area contributed by atoms with Crippen LogP contribution in [0.3, 0.4) is 0 Å². The second-order valence-corrected chi connectivity index (χ2v) is 7.32. The lowest BCUT2D eigenvalue weighted by Crippen LogP contribution is -2.29. The van der Waals surface area contributed by atoms with Gasteiger partial charge in [-0.3, -0.25) is 0 Å². The van der Waals surface area contributed by atoms with Gasteiger partial charge in [0.05, 0.1) is 0 Å². The molecule has 102 valence electrons. The van der Waals surface area contributed by atoms with Crippen molar-refractivity contribution in [1.82, 2.24) is 15.5 Å². The number of hydrogen-bond acceptors (Lipinski definition) is 6. The van der Waals surface area contributed by atoms with E-state index in [2.05, 4.69) is 15.5 Å². The van der Waals surface area contributed by atoms with E-state index in [1.165, 1.54) is 19.1 Å². The summed E-state index contributed by atoms with van der Waals surface area (Å²) in [5, 5.41) is 6.27. The zero-order chi connectivity index (χ0) is 13.3. The Kier molecular flexibility index (Phi) is 3.72. The number of nitrogens with one attached hydrogen (secondary N) is 1. The number of nitrogens with zero attached hydrogens (tertiary/aromatic N) is 2. The molecule has 1 fully saturated rings. The molecule has 2 atom stereocenters. The van der Waals surface area contributed by atoms with E-state index in [0.29, 0.717) is 24.3 Å². The summed E-state index contributed by atoms with van der Waals surface area (Å²) < 4.78 is 27.9. The Hall–Kier alpha value is -0.950. The molecule has 2 unspecified atom stereocenters. The summed E-state index contributed by atoms with van der Waals surface area (Å²) in [4.78, 5) is 4.18. The fourth-order valence-electron chi connectivity index (χ4n) is 1.90. The van der Waals surface area contributed by atoms with E-state index >= 15 is 0 Å². The van der Waals surface area contributed by atoms with Crippen LogP contribution in [0.15, 0.2) is 4.52 Å². The van der Waals surface area contributed by atoms with Crippen molar-refractivity contribution in [2.75, 3.05) is 13.3 Å². The number of likely N-dealkylation sites (N-methyl/N-ethyl adjacent to an activating group) is 1. The van der Waals surface area contributed by atoms with E-state index in [1.807, 2.05) is 7.05 Å². The fraction of sp³-hybridized carbons (Fsp3) is 0.818. The van der Waals surface area contributed by atoms with Crippen molar-refractivity contribution in [2.24, 2.45) is 5.92 Å². The summed E-state index contributed by atoms with van der Waals surface area (Å²) in [7, 11) is -1.27. The van der Waals surface area contributed by atoms with Gasteiger partial charge in [-0.1, -0.05) is 5.16 Å². The minimum atomic E-state index is -3.18. The zero-order valence-corrected chi connectivity index (χ0v) is 11.7. The van der Waals surface area contributed by atoms with Crippen LogP contribution in [0.5, 0.6) is 0 Å². The Balaban J connectivity index is 2.05. The molecule has 2 rings (SSSR count). The monoisotopic (exact) mass is 273 g/mol. The Morgan fingerprint density at radius 3 is 2.67 bits per heavy atom. The van der Waals surface area contributed by atoms with Gasteiger partial charge in [0.15, 0.2) is 15.7 Å². The van der Waals surface area contributed by atoms with Crippen LogP contribution in [0.4, 0.5) is 0 Å². The van der Waals surface area contributed by atoms with Gasteiger partial charge < -0.3 is 9.84 Å². The third-order valence-electron chi connectivity index (χ3n) is 3.45. The van der Waals surface area contributed by atoms with E-state index in [0.717, 1.165) is 0 Å². The first-order chi connectivity index (χ1) is 8.41. The van der Waals surface area contributed by atoms with Gasteiger partial charge in [0.2, 0.25) is 5.89 Å². The summed E-state index contributed by atoms with van der Waals surface area (Å²) in [6.45, 7) is 1.57. The Morgan fingerprint density at radius 2 is 2.17 bits per heavy atom. The predicted molar refractivity (Wildman–Crippen MR) is 66.8 cm³/mol. The average Bonchev–Trinajstić information content (AvgIpc) is 3.03. The molecule has 1 aliphatic carbocycles. The number of hydrogen-bond donors (Lipinski definition) is 1. The van der Waals surface area contributed by atoms with Gasteiger partial charge in [-0.2, -0.15) is 4.98 Å². The van der Waals surface area contributed by atoms with E-state index < -0.39 is 15.1 Å². The maximum absolute atomic E-state index is 11.4. The van der Waals surface area contributed by atoms with Gasteiger partial charge in [-0.15, -0.1) is 0 Å². The molecule has 1 saturated carbocycles. The molecule has 1 N–H and O–H groups in total. The Bertz CT molecular complexity index is 507. The van der Waals surface area contributed by atoms with Crippen LogP contribution in [0.1, 0.15) is 36.7 Å². The largest absolute Gasteiger partial charge is 0.339 e. The highest BCUT2D eigenvalue weighted by Crippen LogP contribution is 2.33. The summed E-state index contributed by atoms with van der Waals surface area (Å²) in [5.74, 6) is 1.43.